The summed E-state index contributed by atoms with van der Waals surface area (Å²) in [6.45, 7) is 2.52. The third-order valence-electron chi connectivity index (χ3n) is 3.22. The van der Waals surface area contributed by atoms with Gasteiger partial charge in [-0.1, -0.05) is 30.3 Å². The first-order valence-electron chi connectivity index (χ1n) is 7.04. The molecule has 124 valence electrons. The number of primary sulfonamides is 1. The predicted molar refractivity (Wildman–Crippen MR) is 93.9 cm³/mol. The van der Waals surface area contributed by atoms with Crippen LogP contribution in [0.1, 0.15) is 23.4 Å². The van der Waals surface area contributed by atoms with E-state index in [4.69, 9.17) is 5.14 Å². The lowest BCUT2D eigenvalue weighted by atomic mass is 10.1. The van der Waals surface area contributed by atoms with Crippen molar-refractivity contribution in [3.05, 3.63) is 52.9 Å². The van der Waals surface area contributed by atoms with Crippen LogP contribution in [-0.4, -0.2) is 21.4 Å². The molecule has 0 aliphatic carbocycles. The van der Waals surface area contributed by atoms with Gasteiger partial charge in [-0.25, -0.2) is 13.6 Å². The second-order valence-electron chi connectivity index (χ2n) is 4.97. The van der Waals surface area contributed by atoms with Crippen LogP contribution in [0.3, 0.4) is 0 Å². The lowest BCUT2D eigenvalue weighted by Crippen LogP contribution is -2.38. The summed E-state index contributed by atoms with van der Waals surface area (Å²) >= 11 is 1.15. The maximum Gasteiger partial charge on any atom is 0.247 e. The number of hydrogen-bond donors (Lipinski definition) is 3. The Morgan fingerprint density at radius 2 is 1.96 bits per heavy atom. The molecule has 1 heterocycles. The number of nitrogens with one attached hydrogen (secondary N) is 2. The van der Waals surface area contributed by atoms with E-state index in [1.807, 2.05) is 37.3 Å². The Bertz CT molecular complexity index is 770. The molecule has 0 saturated heterocycles. The van der Waals surface area contributed by atoms with Crippen molar-refractivity contribution in [2.24, 2.45) is 10.1 Å². The third-order valence-corrected chi connectivity index (χ3v) is 5.75. The largest absolute Gasteiger partial charge is 0.352 e. The second kappa shape index (κ2) is 7.58. The summed E-state index contributed by atoms with van der Waals surface area (Å²) < 4.78 is 22.7. The molecule has 0 fully saturated rings. The topological polar surface area (TPSA) is 96.6 Å². The van der Waals surface area contributed by atoms with E-state index >= 15 is 0 Å². The van der Waals surface area contributed by atoms with Crippen molar-refractivity contribution < 1.29 is 8.42 Å². The first-order chi connectivity index (χ1) is 10.9. The normalized spacial score (nSPS) is 13.6. The molecule has 1 unspecified atom stereocenters. The summed E-state index contributed by atoms with van der Waals surface area (Å²) in [5.74, 6) is 0.645. The van der Waals surface area contributed by atoms with Crippen molar-refractivity contribution in [3.63, 3.8) is 0 Å². The van der Waals surface area contributed by atoms with Crippen LogP contribution in [0.15, 0.2) is 51.7 Å². The molecule has 4 N–H and O–H groups in total. The Balaban J connectivity index is 1.94. The van der Waals surface area contributed by atoms with E-state index in [-0.39, 0.29) is 10.3 Å². The molecule has 6 nitrogen and oxygen atoms in total. The van der Waals surface area contributed by atoms with Crippen molar-refractivity contribution in [1.29, 1.82) is 0 Å². The highest BCUT2D eigenvalue weighted by atomic mass is 32.2. The van der Waals surface area contributed by atoms with Gasteiger partial charge in [0.05, 0.1) is 12.6 Å². The van der Waals surface area contributed by atoms with E-state index in [9.17, 15) is 8.42 Å². The van der Waals surface area contributed by atoms with Crippen LogP contribution in [0, 0.1) is 0 Å². The molecule has 0 saturated carbocycles. The quantitative estimate of drug-likeness (QED) is 0.565. The lowest BCUT2D eigenvalue weighted by molar-refractivity contribution is 0.600. The van der Waals surface area contributed by atoms with Crippen LogP contribution in [-0.2, 0) is 16.6 Å². The molecule has 1 aromatic heterocycles. The SMILES string of the molecule is CN=C(NCc1ccc(S(N)(=O)=O)s1)NC(C)c1ccccc1. The third kappa shape index (κ3) is 5.05. The molecular formula is C15H20N4O2S2. The summed E-state index contributed by atoms with van der Waals surface area (Å²) in [6.07, 6.45) is 0. The van der Waals surface area contributed by atoms with Gasteiger partial charge in [0, 0.05) is 11.9 Å². The fourth-order valence-electron chi connectivity index (χ4n) is 2.00. The molecular weight excluding hydrogens is 332 g/mol. The van der Waals surface area contributed by atoms with E-state index in [1.54, 1.807) is 13.1 Å². The van der Waals surface area contributed by atoms with Crippen LogP contribution in [0.2, 0.25) is 0 Å². The van der Waals surface area contributed by atoms with Crippen molar-refractivity contribution in [2.45, 2.75) is 23.7 Å². The lowest BCUT2D eigenvalue weighted by Gasteiger charge is -2.18. The zero-order chi connectivity index (χ0) is 16.9. The van der Waals surface area contributed by atoms with Crippen molar-refractivity contribution >= 4 is 27.3 Å². The molecule has 1 aromatic carbocycles. The fourth-order valence-corrected chi connectivity index (χ4v) is 3.72. The Morgan fingerprint density at radius 3 is 2.52 bits per heavy atom. The van der Waals surface area contributed by atoms with Gasteiger partial charge in [0.25, 0.3) is 0 Å². The first kappa shape index (κ1) is 17.5. The van der Waals surface area contributed by atoms with Crippen LogP contribution in [0.25, 0.3) is 0 Å². The van der Waals surface area contributed by atoms with Gasteiger partial charge in [-0.2, -0.15) is 0 Å². The van der Waals surface area contributed by atoms with Crippen molar-refractivity contribution in [2.75, 3.05) is 7.05 Å². The molecule has 1 atom stereocenters. The number of aliphatic imine (C=N–C) groups is 1. The molecule has 0 bridgehead atoms. The second-order valence-corrected chi connectivity index (χ2v) is 7.92. The average Bonchev–Trinajstić information content (AvgIpc) is 3.01. The highest BCUT2D eigenvalue weighted by molar-refractivity contribution is 7.91. The zero-order valence-electron chi connectivity index (χ0n) is 13.0. The van der Waals surface area contributed by atoms with Gasteiger partial charge in [-0.15, -0.1) is 11.3 Å². The Kier molecular flexibility index (Phi) is 5.75. The monoisotopic (exact) mass is 352 g/mol. The Morgan fingerprint density at radius 1 is 1.26 bits per heavy atom. The molecule has 23 heavy (non-hydrogen) atoms. The summed E-state index contributed by atoms with van der Waals surface area (Å²) in [5, 5.41) is 11.6. The van der Waals surface area contributed by atoms with Gasteiger partial charge in [0.1, 0.15) is 4.21 Å². The summed E-state index contributed by atoms with van der Waals surface area (Å²) in [7, 11) is -1.94. The summed E-state index contributed by atoms with van der Waals surface area (Å²) in [6, 6.07) is 13.4. The van der Waals surface area contributed by atoms with Crippen LogP contribution in [0.5, 0.6) is 0 Å². The Hall–Kier alpha value is -1.90. The maximum absolute atomic E-state index is 11.3. The predicted octanol–water partition coefficient (Wildman–Crippen LogP) is 1.82. The fraction of sp³-hybridized carbons (Fsp3) is 0.267. The van der Waals surface area contributed by atoms with E-state index in [2.05, 4.69) is 15.6 Å². The van der Waals surface area contributed by atoms with E-state index < -0.39 is 10.0 Å². The minimum Gasteiger partial charge on any atom is -0.352 e. The molecule has 0 radical (unpaired) electrons. The average molecular weight is 352 g/mol. The molecule has 0 amide bonds. The smallest absolute Gasteiger partial charge is 0.247 e. The van der Waals surface area contributed by atoms with Crippen LogP contribution < -0.4 is 15.8 Å². The minimum absolute atomic E-state index is 0.103. The molecule has 0 aliphatic rings. The number of guanidine groups is 1. The van der Waals surface area contributed by atoms with Crippen LogP contribution in [0.4, 0.5) is 0 Å². The van der Waals surface area contributed by atoms with Crippen molar-refractivity contribution in [1.82, 2.24) is 10.6 Å². The van der Waals surface area contributed by atoms with E-state index in [0.717, 1.165) is 21.8 Å². The van der Waals surface area contributed by atoms with Gasteiger partial charge in [0.15, 0.2) is 5.96 Å². The first-order valence-corrected chi connectivity index (χ1v) is 9.40. The molecule has 0 aliphatic heterocycles. The standard InChI is InChI=1S/C15H20N4O2S2/c1-11(12-6-4-3-5-7-12)19-15(17-2)18-10-13-8-9-14(22-13)23(16,20)21/h3-9,11H,10H2,1-2H3,(H2,16,20,21)(H2,17,18,19). The van der Waals surface area contributed by atoms with Gasteiger partial charge >= 0.3 is 0 Å². The molecule has 8 heteroatoms. The minimum atomic E-state index is -3.64. The van der Waals surface area contributed by atoms with Crippen molar-refractivity contribution in [3.8, 4) is 0 Å². The number of nitrogens with zero attached hydrogens (tertiary/aromatic N) is 1. The van der Waals surface area contributed by atoms with E-state index in [1.165, 1.54) is 6.07 Å². The molecule has 2 aromatic rings. The van der Waals surface area contributed by atoms with Gasteiger partial charge in [-0.3, -0.25) is 4.99 Å². The van der Waals surface area contributed by atoms with E-state index in [0.29, 0.717) is 12.5 Å². The van der Waals surface area contributed by atoms with Crippen LogP contribution >= 0.6 is 11.3 Å². The number of hydrogen-bond acceptors (Lipinski definition) is 4. The molecule has 2 rings (SSSR count). The number of thiophene rings is 1. The number of rotatable bonds is 5. The number of benzene rings is 1. The number of nitrogens with two attached hydrogens (primary N) is 1. The highest BCUT2D eigenvalue weighted by Crippen LogP contribution is 2.20. The van der Waals surface area contributed by atoms with Gasteiger partial charge < -0.3 is 10.6 Å². The van der Waals surface area contributed by atoms with Gasteiger partial charge in [-0.05, 0) is 24.6 Å². The Labute approximate surface area is 140 Å². The summed E-state index contributed by atoms with van der Waals surface area (Å²) in [4.78, 5) is 5.05. The zero-order valence-corrected chi connectivity index (χ0v) is 14.6. The maximum atomic E-state index is 11.3. The van der Waals surface area contributed by atoms with Gasteiger partial charge in [0.2, 0.25) is 10.0 Å². The highest BCUT2D eigenvalue weighted by Gasteiger charge is 2.12. The molecule has 0 spiro atoms. The number of sulfonamides is 1. The summed E-state index contributed by atoms with van der Waals surface area (Å²) in [5.41, 5.74) is 1.16.